The van der Waals surface area contributed by atoms with Gasteiger partial charge in [0.25, 0.3) is 0 Å². The summed E-state index contributed by atoms with van der Waals surface area (Å²) in [6.45, 7) is 4.27. The third kappa shape index (κ3) is 11.3. The van der Waals surface area contributed by atoms with Crippen LogP contribution in [0.25, 0.3) is 0 Å². The third-order valence-corrected chi connectivity index (χ3v) is 5.08. The number of nitrogens with one attached hydrogen (secondary N) is 2. The molecule has 1 unspecified atom stereocenters. The lowest BCUT2D eigenvalue weighted by molar-refractivity contribution is -0.140. The van der Waals surface area contributed by atoms with Crippen LogP contribution in [0.3, 0.4) is 0 Å². The highest BCUT2D eigenvalue weighted by Gasteiger charge is 2.37. The van der Waals surface area contributed by atoms with Gasteiger partial charge in [-0.2, -0.15) is 0 Å². The van der Waals surface area contributed by atoms with Gasteiger partial charge in [-0.15, -0.1) is 0 Å². The predicted octanol–water partition coefficient (Wildman–Crippen LogP) is 0.497. The molecule has 10 heteroatoms. The summed E-state index contributed by atoms with van der Waals surface area (Å²) in [7, 11) is 0. The largest absolute Gasteiger partial charge is 0.508 e. The van der Waals surface area contributed by atoms with E-state index in [0.717, 1.165) is 45.2 Å². The number of carbonyl (C=O) groups is 3. The molecule has 0 spiro atoms. The summed E-state index contributed by atoms with van der Waals surface area (Å²) in [5, 5.41) is 14.4. The Bertz CT molecular complexity index is 734. The fourth-order valence-electron chi connectivity index (χ4n) is 3.49. The fourth-order valence-corrected chi connectivity index (χ4v) is 3.49. The lowest BCUT2D eigenvalue weighted by Crippen LogP contribution is -2.53. The SMILES string of the molecule is CCCN=C(N)N.O=CCNC(=O)[C@@H]1CCCN1C(=O)C1CCCCN1.Oc1ccccc1. The van der Waals surface area contributed by atoms with Crippen molar-refractivity contribution in [1.29, 1.82) is 0 Å². The van der Waals surface area contributed by atoms with Crippen molar-refractivity contribution in [3.8, 4) is 5.75 Å². The fraction of sp³-hybridized carbons (Fsp3) is 0.565. The highest BCUT2D eigenvalue weighted by molar-refractivity contribution is 5.91. The maximum absolute atomic E-state index is 12.4. The van der Waals surface area contributed by atoms with Crippen molar-refractivity contribution >= 4 is 24.1 Å². The van der Waals surface area contributed by atoms with Gasteiger partial charge in [0, 0.05) is 13.1 Å². The van der Waals surface area contributed by atoms with E-state index < -0.39 is 6.04 Å². The summed E-state index contributed by atoms with van der Waals surface area (Å²) >= 11 is 0. The number of amides is 2. The molecule has 2 saturated heterocycles. The van der Waals surface area contributed by atoms with Crippen molar-refractivity contribution in [2.24, 2.45) is 16.5 Å². The van der Waals surface area contributed by atoms with E-state index in [4.69, 9.17) is 16.6 Å². The zero-order chi connectivity index (χ0) is 24.5. The van der Waals surface area contributed by atoms with Crippen LogP contribution in [-0.4, -0.2) is 72.3 Å². The number of nitrogens with two attached hydrogens (primary N) is 2. The molecule has 3 rings (SSSR count). The molecule has 2 atom stereocenters. The number of carbonyl (C=O) groups excluding carboxylic acids is 3. The van der Waals surface area contributed by atoms with Crippen molar-refractivity contribution in [3.05, 3.63) is 30.3 Å². The molecular weight excluding hydrogens is 424 g/mol. The van der Waals surface area contributed by atoms with Crippen LogP contribution >= 0.6 is 0 Å². The Labute approximate surface area is 195 Å². The van der Waals surface area contributed by atoms with E-state index >= 15 is 0 Å². The van der Waals surface area contributed by atoms with Gasteiger partial charge in [0.1, 0.15) is 18.1 Å². The first-order valence-electron chi connectivity index (χ1n) is 11.4. The Balaban J connectivity index is 0.000000318. The Morgan fingerprint density at radius 2 is 1.94 bits per heavy atom. The maximum Gasteiger partial charge on any atom is 0.243 e. The maximum atomic E-state index is 12.4. The minimum atomic E-state index is -0.406. The zero-order valence-electron chi connectivity index (χ0n) is 19.4. The predicted molar refractivity (Wildman–Crippen MR) is 129 cm³/mol. The molecule has 0 bridgehead atoms. The average Bonchev–Trinajstić information content (AvgIpc) is 3.33. The van der Waals surface area contributed by atoms with Crippen LogP contribution in [0.4, 0.5) is 0 Å². The number of aromatic hydroxyl groups is 1. The highest BCUT2D eigenvalue weighted by Crippen LogP contribution is 2.20. The second kappa shape index (κ2) is 16.5. The molecule has 1 aromatic carbocycles. The van der Waals surface area contributed by atoms with E-state index in [1.54, 1.807) is 29.2 Å². The first kappa shape index (κ1) is 27.9. The molecular formula is C23H38N6O4. The number of hydrogen-bond acceptors (Lipinski definition) is 6. The smallest absolute Gasteiger partial charge is 0.243 e. The number of aliphatic imine (C=N–C) groups is 1. The van der Waals surface area contributed by atoms with E-state index in [9.17, 15) is 14.4 Å². The number of piperidine rings is 1. The summed E-state index contributed by atoms with van der Waals surface area (Å²) in [6.07, 6.45) is 6.19. The van der Waals surface area contributed by atoms with Gasteiger partial charge in [-0.05, 0) is 50.8 Å². The van der Waals surface area contributed by atoms with Crippen LogP contribution in [0, 0.1) is 0 Å². The van der Waals surface area contributed by atoms with Crippen LogP contribution in [0.15, 0.2) is 35.3 Å². The lowest BCUT2D eigenvalue weighted by Gasteiger charge is -2.30. The molecule has 0 radical (unpaired) electrons. The third-order valence-electron chi connectivity index (χ3n) is 5.08. The van der Waals surface area contributed by atoms with Gasteiger partial charge in [0.15, 0.2) is 5.96 Å². The van der Waals surface area contributed by atoms with Gasteiger partial charge in [0.2, 0.25) is 11.8 Å². The van der Waals surface area contributed by atoms with Crippen LogP contribution in [0.2, 0.25) is 0 Å². The van der Waals surface area contributed by atoms with Crippen molar-refractivity contribution < 1.29 is 19.5 Å². The Morgan fingerprint density at radius 1 is 1.21 bits per heavy atom. The number of para-hydroxylation sites is 1. The standard InChI is InChI=1S/C13H21N3O3.C6H6O.C4H11N3/c17-9-7-15-12(18)11-5-3-8-16(11)13(19)10-4-1-2-6-14-10;7-6-4-2-1-3-5-6;1-2-3-7-4(5)6/h9-11,14H,1-8H2,(H,15,18);1-5,7H;2-3H2,1H3,(H4,5,6,7)/t10?,11-;;/m0../s1. The quantitative estimate of drug-likeness (QED) is 0.233. The number of phenolic OH excluding ortho intramolecular Hbond substituents is 1. The van der Waals surface area contributed by atoms with Crippen molar-refractivity contribution in [3.63, 3.8) is 0 Å². The number of likely N-dealkylation sites (tertiary alicyclic amines) is 1. The molecule has 2 aliphatic rings. The molecule has 1 aromatic rings. The molecule has 0 aromatic heterocycles. The van der Waals surface area contributed by atoms with Crippen LogP contribution < -0.4 is 22.1 Å². The zero-order valence-corrected chi connectivity index (χ0v) is 19.4. The summed E-state index contributed by atoms with van der Waals surface area (Å²) in [5.41, 5.74) is 10.0. The van der Waals surface area contributed by atoms with Crippen molar-refractivity contribution in [2.45, 2.75) is 57.5 Å². The monoisotopic (exact) mass is 462 g/mol. The Morgan fingerprint density at radius 3 is 2.42 bits per heavy atom. The first-order chi connectivity index (χ1) is 15.9. The Kier molecular flexibility index (Phi) is 13.9. The van der Waals surface area contributed by atoms with E-state index in [-0.39, 0.29) is 30.4 Å². The van der Waals surface area contributed by atoms with Gasteiger partial charge >= 0.3 is 0 Å². The molecule has 10 nitrogen and oxygen atoms in total. The number of nitrogens with zero attached hydrogens (tertiary/aromatic N) is 2. The number of hydrogen-bond donors (Lipinski definition) is 5. The highest BCUT2D eigenvalue weighted by atomic mass is 16.3. The minimum absolute atomic E-state index is 0.0129. The topological polar surface area (TPSA) is 163 Å². The normalized spacial score (nSPS) is 19.1. The lowest BCUT2D eigenvalue weighted by atomic mass is 10.0. The Hall–Kier alpha value is -3.14. The molecule has 7 N–H and O–H groups in total. The van der Waals surface area contributed by atoms with Crippen LogP contribution in [-0.2, 0) is 14.4 Å². The van der Waals surface area contributed by atoms with Crippen molar-refractivity contribution in [2.75, 3.05) is 26.2 Å². The number of rotatable bonds is 6. The second-order valence-corrected chi connectivity index (χ2v) is 7.75. The van der Waals surface area contributed by atoms with Gasteiger partial charge in [-0.3, -0.25) is 14.6 Å². The van der Waals surface area contributed by atoms with Gasteiger partial charge < -0.3 is 36.9 Å². The van der Waals surface area contributed by atoms with E-state index in [2.05, 4.69) is 15.6 Å². The van der Waals surface area contributed by atoms with Crippen LogP contribution in [0.1, 0.15) is 45.4 Å². The average molecular weight is 463 g/mol. The molecule has 2 aliphatic heterocycles. The van der Waals surface area contributed by atoms with Gasteiger partial charge in [-0.25, -0.2) is 0 Å². The number of guanidine groups is 1. The van der Waals surface area contributed by atoms with Crippen LogP contribution in [0.5, 0.6) is 5.75 Å². The van der Waals surface area contributed by atoms with Crippen molar-refractivity contribution in [1.82, 2.24) is 15.5 Å². The number of aldehydes is 1. The molecule has 2 fully saturated rings. The summed E-state index contributed by atoms with van der Waals surface area (Å²) < 4.78 is 0. The first-order valence-corrected chi connectivity index (χ1v) is 11.4. The number of benzene rings is 1. The van der Waals surface area contributed by atoms with E-state index in [1.165, 1.54) is 0 Å². The van der Waals surface area contributed by atoms with Gasteiger partial charge in [0.05, 0.1) is 12.6 Å². The summed E-state index contributed by atoms with van der Waals surface area (Å²) in [5.74, 6) is 0.321. The van der Waals surface area contributed by atoms with E-state index in [1.807, 2.05) is 13.0 Å². The number of phenols is 1. The molecule has 184 valence electrons. The molecule has 0 saturated carbocycles. The minimum Gasteiger partial charge on any atom is -0.508 e. The molecule has 2 heterocycles. The molecule has 0 aliphatic carbocycles. The molecule has 2 amide bonds. The van der Waals surface area contributed by atoms with Gasteiger partial charge in [-0.1, -0.05) is 31.5 Å². The second-order valence-electron chi connectivity index (χ2n) is 7.75. The summed E-state index contributed by atoms with van der Waals surface area (Å²) in [6, 6.07) is 8.16. The molecule has 33 heavy (non-hydrogen) atoms. The van der Waals surface area contributed by atoms with E-state index in [0.29, 0.717) is 25.0 Å². The summed E-state index contributed by atoms with van der Waals surface area (Å²) in [4.78, 5) is 40.0.